The Morgan fingerprint density at radius 3 is 0.750 bits per heavy atom. The minimum absolute atomic E-state index is 0.366. The van der Waals surface area contributed by atoms with Gasteiger partial charge in [-0.25, -0.2) is 0 Å². The smallest absolute Gasteiger partial charge is 0.337 e. The van der Waals surface area contributed by atoms with E-state index in [-0.39, 0.29) is 0 Å². The van der Waals surface area contributed by atoms with Gasteiger partial charge in [-0.05, 0) is 38.9 Å². The van der Waals surface area contributed by atoms with Gasteiger partial charge >= 0.3 is 25.7 Å². The van der Waals surface area contributed by atoms with Gasteiger partial charge in [0, 0.05) is 59.3 Å². The molecule has 0 aromatic rings. The first-order valence-electron chi connectivity index (χ1n) is 8.49. The van der Waals surface area contributed by atoms with E-state index in [1.165, 1.54) is 0 Å². The lowest BCUT2D eigenvalue weighted by molar-refractivity contribution is 0.185. The van der Waals surface area contributed by atoms with Crippen LogP contribution in [0.5, 0.6) is 0 Å². The van der Waals surface area contributed by atoms with Crippen molar-refractivity contribution in [3.63, 3.8) is 0 Å². The molecule has 0 aromatic carbocycles. The van der Waals surface area contributed by atoms with Crippen LogP contribution in [0.1, 0.15) is 19.3 Å². The molecule has 0 spiro atoms. The Labute approximate surface area is 150 Å². The van der Waals surface area contributed by atoms with E-state index in [4.69, 9.17) is 26.6 Å². The van der Waals surface area contributed by atoms with Crippen molar-refractivity contribution in [1.82, 2.24) is 0 Å². The molecule has 0 atom stereocenters. The summed E-state index contributed by atoms with van der Waals surface area (Å²) in [5, 5.41) is 0. The highest BCUT2D eigenvalue weighted by Crippen LogP contribution is 2.54. The molecule has 0 saturated heterocycles. The van der Waals surface area contributed by atoms with Crippen LogP contribution >= 0.6 is 0 Å². The highest BCUT2D eigenvalue weighted by Gasteiger charge is 2.55. The van der Waals surface area contributed by atoms with E-state index in [9.17, 15) is 0 Å². The highest BCUT2D eigenvalue weighted by atomic mass is 28.4. The topological polar surface area (TPSA) is 55.4 Å². The normalized spacial score (nSPS) is 26.6. The molecule has 9 heteroatoms. The van der Waals surface area contributed by atoms with Gasteiger partial charge in [-0.1, -0.05) is 0 Å². The molecule has 1 rings (SSSR count). The maximum atomic E-state index is 5.87. The maximum absolute atomic E-state index is 5.87. The fourth-order valence-electron chi connectivity index (χ4n) is 3.85. The largest absolute Gasteiger partial charge is 0.398 e. The number of hydrogen-bond acceptors (Lipinski definition) is 6. The summed E-state index contributed by atoms with van der Waals surface area (Å²) >= 11 is 0. The molecule has 0 heterocycles. The van der Waals surface area contributed by atoms with Crippen molar-refractivity contribution in [3.05, 3.63) is 0 Å². The van der Waals surface area contributed by atoms with Crippen LogP contribution in [0.4, 0.5) is 0 Å². The molecule has 1 saturated carbocycles. The van der Waals surface area contributed by atoms with Crippen molar-refractivity contribution >= 4 is 25.7 Å². The monoisotopic (exact) mass is 396 g/mol. The molecule has 0 N–H and O–H groups in total. The molecule has 0 amide bonds. The fraction of sp³-hybridized carbons (Fsp3) is 1.00. The molecule has 1 fully saturated rings. The zero-order valence-corrected chi connectivity index (χ0v) is 19.8. The molecule has 0 unspecified atom stereocenters. The quantitative estimate of drug-likeness (QED) is 0.557. The summed E-state index contributed by atoms with van der Waals surface area (Å²) in [4.78, 5) is 0. The van der Waals surface area contributed by atoms with Crippen LogP contribution in [0.25, 0.3) is 0 Å². The minimum Gasteiger partial charge on any atom is -0.398 e. The zero-order valence-electron chi connectivity index (χ0n) is 16.8. The molecule has 0 aliphatic heterocycles. The molecular formula is C15H36O6Si3. The fourth-order valence-corrected chi connectivity index (χ4v) is 11.3. The van der Waals surface area contributed by atoms with Crippen molar-refractivity contribution in [2.75, 3.05) is 42.7 Å². The van der Waals surface area contributed by atoms with Crippen molar-refractivity contribution < 1.29 is 26.6 Å². The molecule has 1 aliphatic rings. The Morgan fingerprint density at radius 2 is 0.625 bits per heavy atom. The lowest BCUT2D eigenvalue weighted by Crippen LogP contribution is -2.53. The summed E-state index contributed by atoms with van der Waals surface area (Å²) in [6.07, 6.45) is 3.05. The third kappa shape index (κ3) is 4.38. The third-order valence-electron chi connectivity index (χ3n) is 6.36. The Hall–Kier alpha value is 0.411. The predicted molar refractivity (Wildman–Crippen MR) is 102 cm³/mol. The van der Waals surface area contributed by atoms with E-state index in [1.54, 1.807) is 42.7 Å². The average molecular weight is 397 g/mol. The van der Waals surface area contributed by atoms with Gasteiger partial charge in [0.1, 0.15) is 0 Å². The summed E-state index contributed by atoms with van der Waals surface area (Å²) in [6, 6.07) is 0. The van der Waals surface area contributed by atoms with E-state index in [2.05, 4.69) is 19.6 Å². The van der Waals surface area contributed by atoms with Gasteiger partial charge in [0.2, 0.25) is 0 Å². The zero-order chi connectivity index (χ0) is 18.6. The standard InChI is InChI=1S/C15H36O6Si3/c1-16-22(7,17-2)13-10-14(23(8,18-3)19-4)12-15(11-13)24(9,20-5)21-6/h13-15H,10-12H2,1-9H3. The highest BCUT2D eigenvalue weighted by molar-refractivity contribution is 6.71. The maximum Gasteiger partial charge on any atom is 0.337 e. The second kappa shape index (κ2) is 8.87. The third-order valence-corrected chi connectivity index (χ3v) is 17.1. The van der Waals surface area contributed by atoms with Crippen molar-refractivity contribution in [3.8, 4) is 0 Å². The second-order valence-corrected chi connectivity index (χ2v) is 18.1. The van der Waals surface area contributed by atoms with Crippen molar-refractivity contribution in [1.29, 1.82) is 0 Å². The van der Waals surface area contributed by atoms with Gasteiger partial charge < -0.3 is 26.6 Å². The van der Waals surface area contributed by atoms with Gasteiger partial charge in [0.15, 0.2) is 0 Å². The van der Waals surface area contributed by atoms with E-state index in [1.807, 2.05) is 0 Å². The molecule has 24 heavy (non-hydrogen) atoms. The number of hydrogen-bond donors (Lipinski definition) is 0. The Morgan fingerprint density at radius 1 is 0.458 bits per heavy atom. The SMILES string of the molecule is CO[Si](C)(OC)C1CC([Si](C)(OC)OC)CC([Si](C)(OC)OC)C1. The Balaban J connectivity index is 3.20. The lowest BCUT2D eigenvalue weighted by atomic mass is 9.98. The van der Waals surface area contributed by atoms with E-state index in [0.29, 0.717) is 16.6 Å². The summed E-state index contributed by atoms with van der Waals surface area (Å²) < 4.78 is 35.2. The first kappa shape index (κ1) is 22.5. The minimum atomic E-state index is -2.27. The summed E-state index contributed by atoms with van der Waals surface area (Å²) in [5.74, 6) is 0. The first-order valence-corrected chi connectivity index (χ1v) is 15.7. The summed E-state index contributed by atoms with van der Waals surface area (Å²) in [6.45, 7) is 6.44. The molecule has 0 radical (unpaired) electrons. The number of rotatable bonds is 9. The van der Waals surface area contributed by atoms with Crippen LogP contribution < -0.4 is 0 Å². The Bertz CT molecular complexity index is 322. The van der Waals surface area contributed by atoms with Crippen LogP contribution in [0.2, 0.25) is 36.3 Å². The van der Waals surface area contributed by atoms with E-state index < -0.39 is 25.7 Å². The second-order valence-electron chi connectivity index (χ2n) is 7.07. The van der Waals surface area contributed by atoms with Crippen molar-refractivity contribution in [2.45, 2.75) is 55.5 Å². The predicted octanol–water partition coefficient (Wildman–Crippen LogP) is 3.38. The Kier molecular flexibility index (Phi) is 8.30. The van der Waals surface area contributed by atoms with Gasteiger partial charge in [0.25, 0.3) is 0 Å². The molecule has 0 bridgehead atoms. The molecular weight excluding hydrogens is 360 g/mol. The van der Waals surface area contributed by atoms with Crippen LogP contribution in [-0.4, -0.2) is 68.3 Å². The first-order chi connectivity index (χ1) is 11.2. The van der Waals surface area contributed by atoms with Crippen LogP contribution in [-0.2, 0) is 26.6 Å². The van der Waals surface area contributed by atoms with Gasteiger partial charge in [-0.3, -0.25) is 0 Å². The van der Waals surface area contributed by atoms with Gasteiger partial charge in [0.05, 0.1) is 0 Å². The van der Waals surface area contributed by atoms with Crippen LogP contribution in [0, 0.1) is 0 Å². The molecule has 0 aromatic heterocycles. The molecule has 6 nitrogen and oxygen atoms in total. The van der Waals surface area contributed by atoms with Crippen LogP contribution in [0.15, 0.2) is 0 Å². The van der Waals surface area contributed by atoms with Crippen LogP contribution in [0.3, 0.4) is 0 Å². The molecule has 144 valence electrons. The van der Waals surface area contributed by atoms with E-state index >= 15 is 0 Å². The van der Waals surface area contributed by atoms with Gasteiger partial charge in [-0.2, -0.15) is 0 Å². The van der Waals surface area contributed by atoms with E-state index in [0.717, 1.165) is 19.3 Å². The van der Waals surface area contributed by atoms with Gasteiger partial charge in [-0.15, -0.1) is 0 Å². The van der Waals surface area contributed by atoms with Crippen molar-refractivity contribution in [2.24, 2.45) is 0 Å². The lowest BCUT2D eigenvalue weighted by Gasteiger charge is -2.47. The average Bonchev–Trinajstić information content (AvgIpc) is 2.65. The summed E-state index contributed by atoms with van der Waals surface area (Å²) in [5.41, 5.74) is 1.10. The molecule has 1 aliphatic carbocycles. The summed E-state index contributed by atoms with van der Waals surface area (Å²) in [7, 11) is 3.79.